The average molecular weight is 586 g/mol. The van der Waals surface area contributed by atoms with Crippen molar-refractivity contribution in [3.63, 3.8) is 0 Å². The van der Waals surface area contributed by atoms with Crippen molar-refractivity contribution in [3.05, 3.63) is 89.2 Å². The molecule has 1 aliphatic carbocycles. The second-order valence-electron chi connectivity index (χ2n) is 10.5. The lowest BCUT2D eigenvalue weighted by molar-refractivity contribution is -0.134. The molecule has 10 nitrogen and oxygen atoms in total. The SMILES string of the molecule is O=C(COc1ccc2cc1CCC1C=CC=C(C1)Nc1ncc(Cl)c(n1)N2)N1CCN(C(=O)Nc2ccccc2)CC1. The minimum Gasteiger partial charge on any atom is -0.483 e. The normalized spacial score (nSPS) is 17.8. The van der Waals surface area contributed by atoms with Gasteiger partial charge in [-0.15, -0.1) is 0 Å². The molecule has 1 atom stereocenters. The first-order valence-electron chi connectivity index (χ1n) is 14.1. The molecule has 6 rings (SSSR count). The van der Waals surface area contributed by atoms with E-state index in [-0.39, 0.29) is 18.5 Å². The molecule has 1 saturated heterocycles. The van der Waals surface area contributed by atoms with Crippen LogP contribution in [0, 0.1) is 5.92 Å². The first-order valence-corrected chi connectivity index (χ1v) is 14.5. The number of para-hydroxylation sites is 1. The van der Waals surface area contributed by atoms with Crippen LogP contribution in [0.15, 0.2) is 78.7 Å². The smallest absolute Gasteiger partial charge is 0.321 e. The molecule has 6 bridgehead atoms. The summed E-state index contributed by atoms with van der Waals surface area (Å²) in [5, 5.41) is 9.92. The lowest BCUT2D eigenvalue weighted by atomic mass is 9.91. The molecule has 1 aromatic heterocycles. The van der Waals surface area contributed by atoms with Crippen molar-refractivity contribution >= 4 is 46.7 Å². The van der Waals surface area contributed by atoms with Gasteiger partial charge in [-0.1, -0.05) is 42.0 Å². The summed E-state index contributed by atoms with van der Waals surface area (Å²) in [6.45, 7) is 1.77. The summed E-state index contributed by atoms with van der Waals surface area (Å²) in [4.78, 5) is 38.0. The van der Waals surface area contributed by atoms with Crippen LogP contribution in [0.4, 0.5) is 27.9 Å². The lowest BCUT2D eigenvalue weighted by Gasteiger charge is -2.34. The Balaban J connectivity index is 1.10. The number of urea groups is 1. The number of carbonyl (C=O) groups excluding carboxylic acids is 2. The third-order valence-corrected chi connectivity index (χ3v) is 7.86. The lowest BCUT2D eigenvalue weighted by Crippen LogP contribution is -2.52. The highest BCUT2D eigenvalue weighted by Crippen LogP contribution is 2.32. The number of nitrogens with zero attached hydrogens (tertiary/aromatic N) is 4. The van der Waals surface area contributed by atoms with E-state index in [1.807, 2.05) is 54.6 Å². The summed E-state index contributed by atoms with van der Waals surface area (Å²) < 4.78 is 6.10. The average Bonchev–Trinajstić information content (AvgIpc) is 3.02. The molecule has 0 spiro atoms. The number of aryl methyl sites for hydroxylation is 1. The number of carbonyl (C=O) groups is 2. The zero-order valence-electron chi connectivity index (χ0n) is 23.1. The molecular weight excluding hydrogens is 554 g/mol. The van der Waals surface area contributed by atoms with Crippen LogP contribution in [-0.2, 0) is 11.2 Å². The highest BCUT2D eigenvalue weighted by molar-refractivity contribution is 6.32. The molecule has 42 heavy (non-hydrogen) atoms. The van der Waals surface area contributed by atoms with Crippen molar-refractivity contribution in [3.8, 4) is 5.75 Å². The van der Waals surface area contributed by atoms with Gasteiger partial charge in [-0.3, -0.25) is 4.79 Å². The number of amides is 3. The maximum atomic E-state index is 13.1. The van der Waals surface area contributed by atoms with Crippen LogP contribution >= 0.6 is 11.6 Å². The van der Waals surface area contributed by atoms with Gasteiger partial charge in [0.2, 0.25) is 5.95 Å². The minimum atomic E-state index is -0.163. The predicted molar refractivity (Wildman–Crippen MR) is 163 cm³/mol. The van der Waals surface area contributed by atoms with Crippen molar-refractivity contribution in [1.29, 1.82) is 0 Å². The van der Waals surface area contributed by atoms with Gasteiger partial charge in [-0.25, -0.2) is 9.78 Å². The van der Waals surface area contributed by atoms with Crippen molar-refractivity contribution in [1.82, 2.24) is 19.8 Å². The van der Waals surface area contributed by atoms with Crippen LogP contribution in [-0.4, -0.2) is 64.5 Å². The fraction of sp³-hybridized carbons (Fsp3) is 0.290. The minimum absolute atomic E-state index is 0.0722. The molecule has 3 amide bonds. The van der Waals surface area contributed by atoms with Crippen LogP contribution in [0.5, 0.6) is 5.75 Å². The summed E-state index contributed by atoms with van der Waals surface area (Å²) in [5.74, 6) is 1.90. The van der Waals surface area contributed by atoms with E-state index in [9.17, 15) is 9.59 Å². The highest BCUT2D eigenvalue weighted by Gasteiger charge is 2.25. The summed E-state index contributed by atoms with van der Waals surface area (Å²) in [6, 6.07) is 15.0. The Bertz CT molecular complexity index is 1520. The van der Waals surface area contributed by atoms with Crippen LogP contribution < -0.4 is 20.7 Å². The molecule has 2 aliphatic heterocycles. The molecule has 0 saturated carbocycles. The van der Waals surface area contributed by atoms with Gasteiger partial charge in [-0.2, -0.15) is 4.98 Å². The van der Waals surface area contributed by atoms with E-state index >= 15 is 0 Å². The van der Waals surface area contributed by atoms with Crippen molar-refractivity contribution in [2.75, 3.05) is 48.7 Å². The number of hydrogen-bond acceptors (Lipinski definition) is 7. The van der Waals surface area contributed by atoms with E-state index in [1.165, 1.54) is 0 Å². The summed E-state index contributed by atoms with van der Waals surface area (Å²) in [7, 11) is 0. The number of hydrogen-bond donors (Lipinski definition) is 3. The third kappa shape index (κ3) is 6.66. The molecule has 2 aromatic carbocycles. The first kappa shape index (κ1) is 27.6. The number of piperazine rings is 1. The van der Waals surface area contributed by atoms with Crippen LogP contribution in [0.1, 0.15) is 18.4 Å². The zero-order valence-corrected chi connectivity index (χ0v) is 23.8. The number of fused-ring (bicyclic) bond motifs is 6. The van der Waals surface area contributed by atoms with Crippen LogP contribution in [0.3, 0.4) is 0 Å². The van der Waals surface area contributed by atoms with Gasteiger partial charge in [0.1, 0.15) is 10.8 Å². The largest absolute Gasteiger partial charge is 0.483 e. The Morgan fingerprint density at radius 2 is 1.86 bits per heavy atom. The molecule has 11 heteroatoms. The predicted octanol–water partition coefficient (Wildman–Crippen LogP) is 5.45. The Kier molecular flexibility index (Phi) is 8.23. The van der Waals surface area contributed by atoms with E-state index in [0.29, 0.717) is 54.6 Å². The fourth-order valence-electron chi connectivity index (χ4n) is 5.28. The van der Waals surface area contributed by atoms with Gasteiger partial charge < -0.3 is 30.5 Å². The van der Waals surface area contributed by atoms with Crippen molar-refractivity contribution in [2.45, 2.75) is 19.3 Å². The number of rotatable bonds is 4. The highest BCUT2D eigenvalue weighted by atomic mass is 35.5. The van der Waals surface area contributed by atoms with Gasteiger partial charge in [0, 0.05) is 43.3 Å². The first-order chi connectivity index (χ1) is 20.5. The van der Waals surface area contributed by atoms with Gasteiger partial charge in [0.05, 0.1) is 6.20 Å². The fourth-order valence-corrected chi connectivity index (χ4v) is 5.42. The quantitative estimate of drug-likeness (QED) is 0.373. The van der Waals surface area contributed by atoms with Crippen molar-refractivity contribution < 1.29 is 14.3 Å². The number of anilines is 4. The van der Waals surface area contributed by atoms with Gasteiger partial charge in [0.15, 0.2) is 12.4 Å². The van der Waals surface area contributed by atoms with Gasteiger partial charge in [-0.05, 0) is 67.2 Å². The van der Waals surface area contributed by atoms with E-state index in [0.717, 1.165) is 41.9 Å². The van der Waals surface area contributed by atoms with E-state index in [4.69, 9.17) is 16.3 Å². The molecule has 216 valence electrons. The second-order valence-corrected chi connectivity index (χ2v) is 10.9. The molecule has 3 aliphatic rings. The van der Waals surface area contributed by atoms with Crippen molar-refractivity contribution in [2.24, 2.45) is 5.92 Å². The Morgan fingerprint density at radius 1 is 1.05 bits per heavy atom. The molecule has 0 radical (unpaired) electrons. The molecule has 3 N–H and O–H groups in total. The third-order valence-electron chi connectivity index (χ3n) is 7.58. The Labute approximate surface area is 249 Å². The van der Waals surface area contributed by atoms with Crippen LogP contribution in [0.25, 0.3) is 0 Å². The second kappa shape index (κ2) is 12.5. The number of ether oxygens (including phenoxy) is 1. The monoisotopic (exact) mass is 585 g/mol. The van der Waals surface area contributed by atoms with E-state index in [1.54, 1.807) is 16.0 Å². The zero-order chi connectivity index (χ0) is 28.9. The Morgan fingerprint density at radius 3 is 2.69 bits per heavy atom. The molecule has 3 aromatic rings. The number of aromatic nitrogens is 2. The summed E-state index contributed by atoms with van der Waals surface area (Å²) in [5.41, 5.74) is 3.60. The Hall–Kier alpha value is -4.57. The molecular formula is C31H32ClN7O3. The molecule has 3 heterocycles. The molecule has 1 unspecified atom stereocenters. The standard InChI is InChI=1S/C31H32ClN7O3/c32-26-19-33-30-35-24-8-4-5-21(17-24)9-10-22-18-25(34-29(26)37-30)11-12-27(22)42-20-28(40)38-13-15-39(16-14-38)31(41)36-23-6-2-1-3-7-23/h1-8,11-12,18-19,21H,9-10,13-17,20H2,(H,36,41)(H2,33,34,35,37). The topological polar surface area (TPSA) is 112 Å². The maximum absolute atomic E-state index is 13.1. The number of halogens is 1. The van der Waals surface area contributed by atoms with E-state index in [2.05, 4.69) is 38.1 Å². The number of allylic oxidation sites excluding steroid dienone is 4. The maximum Gasteiger partial charge on any atom is 0.321 e. The van der Waals surface area contributed by atoms with Gasteiger partial charge in [0.25, 0.3) is 5.91 Å². The molecule has 1 fully saturated rings. The number of benzene rings is 2. The summed E-state index contributed by atoms with van der Waals surface area (Å²) >= 11 is 6.39. The summed E-state index contributed by atoms with van der Waals surface area (Å²) in [6.07, 6.45) is 10.4. The number of nitrogens with one attached hydrogen (secondary N) is 3. The van der Waals surface area contributed by atoms with Crippen LogP contribution in [0.2, 0.25) is 5.02 Å². The van der Waals surface area contributed by atoms with E-state index < -0.39 is 0 Å². The van der Waals surface area contributed by atoms with Gasteiger partial charge >= 0.3 is 6.03 Å².